The summed E-state index contributed by atoms with van der Waals surface area (Å²) in [6, 6.07) is 9.11. The van der Waals surface area contributed by atoms with E-state index in [2.05, 4.69) is 25.1 Å². The molecule has 4 aromatic rings. The van der Waals surface area contributed by atoms with E-state index in [0.29, 0.717) is 30.0 Å². The average molecular weight is 651 g/mol. The van der Waals surface area contributed by atoms with Gasteiger partial charge in [-0.1, -0.05) is 18.2 Å². The van der Waals surface area contributed by atoms with Gasteiger partial charge < -0.3 is 18.9 Å². The van der Waals surface area contributed by atoms with Crippen molar-refractivity contribution in [1.82, 2.24) is 29.2 Å². The molecule has 0 spiro atoms. The molecule has 1 aliphatic heterocycles. The van der Waals surface area contributed by atoms with Crippen LogP contribution in [-0.4, -0.2) is 74.4 Å². The quantitative estimate of drug-likeness (QED) is 0.284. The molecule has 15 heteroatoms. The van der Waals surface area contributed by atoms with Gasteiger partial charge in [-0.2, -0.15) is 10.1 Å². The Morgan fingerprint density at radius 2 is 1.76 bits per heavy atom. The Bertz CT molecular complexity index is 1870. The van der Waals surface area contributed by atoms with Gasteiger partial charge in [0.05, 0.1) is 24.1 Å². The fraction of sp³-hybridized carbons (Fsp3) is 0.387. The van der Waals surface area contributed by atoms with Crippen LogP contribution in [0.15, 0.2) is 53.8 Å². The number of likely N-dealkylation sites (tertiary alicyclic amines) is 1. The fourth-order valence-corrected chi connectivity index (χ4v) is 6.13. The molecule has 1 saturated heterocycles. The largest absolute Gasteiger partial charge is 0.472 e. The van der Waals surface area contributed by atoms with E-state index in [0.717, 1.165) is 16.7 Å². The smallest absolute Gasteiger partial charge is 0.412 e. The van der Waals surface area contributed by atoms with Crippen molar-refractivity contribution < 1.29 is 27.5 Å². The summed E-state index contributed by atoms with van der Waals surface area (Å²) in [5, 5.41) is 6.61. The van der Waals surface area contributed by atoms with Gasteiger partial charge in [0.1, 0.15) is 22.3 Å². The van der Waals surface area contributed by atoms with Crippen molar-refractivity contribution in [2.45, 2.75) is 57.6 Å². The van der Waals surface area contributed by atoms with Gasteiger partial charge in [-0.05, 0) is 51.8 Å². The van der Waals surface area contributed by atoms with Gasteiger partial charge in [0.25, 0.3) is 15.9 Å². The van der Waals surface area contributed by atoms with E-state index in [9.17, 15) is 18.0 Å². The van der Waals surface area contributed by atoms with Gasteiger partial charge in [0.15, 0.2) is 0 Å². The Labute approximate surface area is 267 Å². The monoisotopic (exact) mass is 650 g/mol. The number of aromatic nitrogens is 5. The molecule has 1 atom stereocenters. The molecule has 1 unspecified atom stereocenters. The number of sulfonamides is 1. The number of ether oxygens (including phenoxy) is 2. The minimum atomic E-state index is -4.03. The lowest BCUT2D eigenvalue weighted by Gasteiger charge is -2.19. The van der Waals surface area contributed by atoms with Crippen LogP contribution in [0, 0.1) is 13.8 Å². The van der Waals surface area contributed by atoms with Crippen molar-refractivity contribution in [2.24, 2.45) is 14.1 Å². The lowest BCUT2D eigenvalue weighted by Crippen LogP contribution is -2.32. The second-order valence-corrected chi connectivity index (χ2v) is 14.0. The number of carbonyl (C=O) groups excluding carboxylic acids is 2. The lowest BCUT2D eigenvalue weighted by atomic mass is 10.00. The van der Waals surface area contributed by atoms with Crippen LogP contribution >= 0.6 is 0 Å². The first-order valence-corrected chi connectivity index (χ1v) is 16.2. The number of hydrogen-bond acceptors (Lipinski definition) is 9. The number of benzene rings is 1. The van der Waals surface area contributed by atoms with Crippen LogP contribution in [0.2, 0.25) is 0 Å². The molecule has 14 nitrogen and oxygen atoms in total. The maximum atomic E-state index is 13.5. The summed E-state index contributed by atoms with van der Waals surface area (Å²) in [4.78, 5) is 36.2. The summed E-state index contributed by atoms with van der Waals surface area (Å²) in [6.45, 7) is 9.91. The standard InChI is InChI=1S/C31H38N8O6S/c1-19-9-8-10-20(2)27(19)24-14-26(35-29(34-24)36-46(42,43)23-15-32-38(7)18-23)44-22-11-12-39(17-22)28(40)25-13-21(16-37(25)6)33-30(41)45-31(3,4)5/h8-10,13-16,18,22H,11-12,17H2,1-7H3,(H,33,41)(H,34,35,36). The van der Waals surface area contributed by atoms with Gasteiger partial charge in [-0.25, -0.2) is 22.9 Å². The van der Waals surface area contributed by atoms with Gasteiger partial charge in [-0.15, -0.1) is 0 Å². The van der Waals surface area contributed by atoms with E-state index in [1.165, 1.54) is 17.1 Å². The normalized spacial score (nSPS) is 15.1. The Morgan fingerprint density at radius 1 is 1.04 bits per heavy atom. The second-order valence-electron chi connectivity index (χ2n) is 12.3. The molecule has 0 saturated carbocycles. The molecule has 0 radical (unpaired) electrons. The highest BCUT2D eigenvalue weighted by Crippen LogP contribution is 2.30. The summed E-state index contributed by atoms with van der Waals surface area (Å²) < 4.78 is 43.2. The maximum Gasteiger partial charge on any atom is 0.412 e. The number of nitrogens with one attached hydrogen (secondary N) is 2. The van der Waals surface area contributed by atoms with Crippen LogP contribution in [0.4, 0.5) is 16.4 Å². The van der Waals surface area contributed by atoms with E-state index in [1.54, 1.807) is 62.7 Å². The van der Waals surface area contributed by atoms with Crippen molar-refractivity contribution in [1.29, 1.82) is 0 Å². The number of hydrogen-bond donors (Lipinski definition) is 2. The molecular formula is C31H38N8O6S. The molecular weight excluding hydrogens is 612 g/mol. The summed E-state index contributed by atoms with van der Waals surface area (Å²) in [5.41, 5.74) is 3.39. The van der Waals surface area contributed by atoms with E-state index < -0.39 is 27.8 Å². The van der Waals surface area contributed by atoms with Gasteiger partial charge in [0.2, 0.25) is 11.8 Å². The minimum absolute atomic E-state index is 0.0337. The van der Waals surface area contributed by atoms with Crippen molar-refractivity contribution in [2.75, 3.05) is 23.1 Å². The SMILES string of the molecule is Cc1cccc(C)c1-c1cc(OC2CCN(C(=O)c3cc(NC(=O)OC(C)(C)C)cn3C)C2)nc(NS(=O)(=O)c2cnn(C)c2)n1. The summed E-state index contributed by atoms with van der Waals surface area (Å²) >= 11 is 0. The first kappa shape index (κ1) is 32.5. The highest BCUT2D eigenvalue weighted by Gasteiger charge is 2.31. The molecule has 4 heterocycles. The van der Waals surface area contributed by atoms with Crippen LogP contribution < -0.4 is 14.8 Å². The molecule has 1 aliphatic rings. The number of anilines is 2. The zero-order valence-corrected chi connectivity index (χ0v) is 27.7. The van der Waals surface area contributed by atoms with Gasteiger partial charge in [0, 0.05) is 51.1 Å². The van der Waals surface area contributed by atoms with Crippen molar-refractivity contribution in [3.63, 3.8) is 0 Å². The second kappa shape index (κ2) is 12.5. The molecule has 3 aromatic heterocycles. The van der Waals surface area contributed by atoms with Gasteiger partial charge >= 0.3 is 6.09 Å². The Hall–Kier alpha value is -4.92. The average Bonchev–Trinajstić information content (AvgIpc) is 3.67. The number of carbonyl (C=O) groups is 2. The fourth-order valence-electron chi connectivity index (χ4n) is 5.20. The van der Waals surface area contributed by atoms with Crippen molar-refractivity contribution in [3.05, 3.63) is 65.7 Å². The molecule has 0 bridgehead atoms. The molecule has 0 aliphatic carbocycles. The van der Waals surface area contributed by atoms with Crippen molar-refractivity contribution in [3.8, 4) is 17.1 Å². The van der Waals surface area contributed by atoms with Crippen LogP contribution in [0.5, 0.6) is 5.88 Å². The Morgan fingerprint density at radius 3 is 2.41 bits per heavy atom. The lowest BCUT2D eigenvalue weighted by molar-refractivity contribution is 0.0635. The first-order valence-electron chi connectivity index (χ1n) is 14.7. The van der Waals surface area contributed by atoms with Crippen LogP contribution in [-0.2, 0) is 28.9 Å². The third kappa shape index (κ3) is 7.47. The van der Waals surface area contributed by atoms with E-state index in [1.807, 2.05) is 32.0 Å². The highest BCUT2D eigenvalue weighted by atomic mass is 32.2. The zero-order valence-electron chi connectivity index (χ0n) is 26.9. The minimum Gasteiger partial charge on any atom is -0.472 e. The Kier molecular flexibility index (Phi) is 8.80. The first-order chi connectivity index (χ1) is 21.6. The van der Waals surface area contributed by atoms with Crippen LogP contribution in [0.25, 0.3) is 11.3 Å². The van der Waals surface area contributed by atoms with E-state index in [4.69, 9.17) is 9.47 Å². The maximum absolute atomic E-state index is 13.5. The molecule has 1 aromatic carbocycles. The third-order valence-electron chi connectivity index (χ3n) is 7.25. The summed E-state index contributed by atoms with van der Waals surface area (Å²) in [6.07, 6.45) is 3.76. The molecule has 46 heavy (non-hydrogen) atoms. The predicted molar refractivity (Wildman–Crippen MR) is 171 cm³/mol. The van der Waals surface area contributed by atoms with Crippen molar-refractivity contribution >= 4 is 33.7 Å². The van der Waals surface area contributed by atoms with E-state index >= 15 is 0 Å². The number of rotatable bonds is 8. The van der Waals surface area contributed by atoms with Gasteiger partial charge in [-0.3, -0.25) is 14.8 Å². The predicted octanol–water partition coefficient (Wildman–Crippen LogP) is 4.27. The molecule has 5 rings (SSSR count). The Balaban J connectivity index is 1.35. The molecule has 1 fully saturated rings. The van der Waals surface area contributed by atoms with Crippen LogP contribution in [0.1, 0.15) is 48.8 Å². The highest BCUT2D eigenvalue weighted by molar-refractivity contribution is 7.92. The zero-order chi connectivity index (χ0) is 33.4. The molecule has 2 N–H and O–H groups in total. The summed E-state index contributed by atoms with van der Waals surface area (Å²) in [7, 11) is -0.683. The number of amides is 2. The summed E-state index contributed by atoms with van der Waals surface area (Å²) in [5.74, 6) is -0.216. The third-order valence-corrected chi connectivity index (χ3v) is 8.53. The number of nitrogens with zero attached hydrogens (tertiary/aromatic N) is 6. The topological polar surface area (TPSA) is 163 Å². The van der Waals surface area contributed by atoms with Crippen LogP contribution in [0.3, 0.4) is 0 Å². The molecule has 244 valence electrons. The number of aryl methyl sites for hydroxylation is 4. The van der Waals surface area contributed by atoms with E-state index in [-0.39, 0.29) is 29.2 Å². The molecule has 2 amide bonds.